The van der Waals surface area contributed by atoms with Gasteiger partial charge >= 0.3 is 0 Å². The highest BCUT2D eigenvalue weighted by molar-refractivity contribution is 7.85. The van der Waals surface area contributed by atoms with Gasteiger partial charge in [0.05, 0.1) is 18.1 Å². The third kappa shape index (κ3) is 30.6. The van der Waals surface area contributed by atoms with Gasteiger partial charge in [0.2, 0.25) is 0 Å². The minimum atomic E-state index is -3.67. The molecule has 5 N–H and O–H groups in total. The maximum Gasteiger partial charge on any atom is 0.261 e. The zero-order valence-corrected chi connectivity index (χ0v) is 13.6. The van der Waals surface area contributed by atoms with E-state index in [1.807, 2.05) is 13.8 Å². The SMILES string of the molecule is CC(C)(O)CN1CC(N)C1.CS(=O)(=O)O.CS(=O)(=O)O. The number of β-amino-alcohol motifs (C(OH)–C–C–N with tert-alkyl or cyclic N) is 1. The Balaban J connectivity index is 0. The molecule has 0 unspecified atom stereocenters. The Morgan fingerprint density at radius 2 is 1.35 bits per heavy atom. The summed E-state index contributed by atoms with van der Waals surface area (Å²) in [5, 5.41) is 9.36. The summed E-state index contributed by atoms with van der Waals surface area (Å²) in [6, 6.07) is 0.336. The Hall–Kier alpha value is -0.300. The van der Waals surface area contributed by atoms with E-state index in [0.29, 0.717) is 18.6 Å². The van der Waals surface area contributed by atoms with Crippen molar-refractivity contribution in [3.63, 3.8) is 0 Å². The van der Waals surface area contributed by atoms with Gasteiger partial charge in [0.1, 0.15) is 0 Å². The van der Waals surface area contributed by atoms with Crippen LogP contribution >= 0.6 is 0 Å². The molecular formula is C9H24N2O7S2. The van der Waals surface area contributed by atoms with E-state index in [0.717, 1.165) is 19.6 Å². The number of likely N-dealkylation sites (tertiary alicyclic amines) is 1. The molecule has 0 aromatic heterocycles. The normalized spacial score (nSPS) is 17.2. The van der Waals surface area contributed by atoms with Crippen molar-refractivity contribution in [3.05, 3.63) is 0 Å². The van der Waals surface area contributed by atoms with Crippen LogP contribution in [0.2, 0.25) is 0 Å². The maximum atomic E-state index is 9.36. The predicted molar refractivity (Wildman–Crippen MR) is 75.7 cm³/mol. The van der Waals surface area contributed by atoms with Crippen LogP contribution in [0, 0.1) is 0 Å². The van der Waals surface area contributed by atoms with Crippen molar-refractivity contribution in [3.8, 4) is 0 Å². The fourth-order valence-electron chi connectivity index (χ4n) is 1.29. The monoisotopic (exact) mass is 336 g/mol. The molecule has 0 spiro atoms. The highest BCUT2D eigenvalue weighted by Crippen LogP contribution is 2.11. The molecule has 11 heteroatoms. The summed E-state index contributed by atoms with van der Waals surface area (Å²) in [5.74, 6) is 0. The average Bonchev–Trinajstić information content (AvgIpc) is 1.90. The standard InChI is InChI=1S/C7H16N2O.2CH4O3S/c1-7(2,10)5-9-3-6(8)4-9;2*1-5(2,3)4/h6,10H,3-5,8H2,1-2H3;2*1H3,(H,2,3,4). The first-order valence-corrected chi connectivity index (χ1v) is 9.22. The van der Waals surface area contributed by atoms with Crippen LogP contribution in [0.3, 0.4) is 0 Å². The van der Waals surface area contributed by atoms with Gasteiger partial charge in [-0.2, -0.15) is 16.8 Å². The molecule has 1 heterocycles. The summed E-state index contributed by atoms with van der Waals surface area (Å²) in [7, 11) is -7.33. The van der Waals surface area contributed by atoms with E-state index in [9.17, 15) is 21.9 Å². The van der Waals surface area contributed by atoms with Crippen molar-refractivity contribution in [2.45, 2.75) is 25.5 Å². The average molecular weight is 336 g/mol. The van der Waals surface area contributed by atoms with E-state index in [1.165, 1.54) is 0 Å². The van der Waals surface area contributed by atoms with Crippen LogP contribution in [0.4, 0.5) is 0 Å². The molecule has 0 aromatic rings. The molecule has 0 radical (unpaired) electrons. The number of aliphatic hydroxyl groups is 1. The minimum absolute atomic E-state index is 0.336. The second kappa shape index (κ2) is 8.22. The molecule has 9 nitrogen and oxygen atoms in total. The van der Waals surface area contributed by atoms with E-state index >= 15 is 0 Å². The first-order valence-electron chi connectivity index (χ1n) is 5.52. The zero-order valence-electron chi connectivity index (χ0n) is 12.0. The second-order valence-corrected chi connectivity index (χ2v) is 8.16. The summed E-state index contributed by atoms with van der Waals surface area (Å²) in [6.45, 7) is 6.24. The van der Waals surface area contributed by atoms with Crippen LogP contribution in [0.15, 0.2) is 0 Å². The molecule has 20 heavy (non-hydrogen) atoms. The largest absolute Gasteiger partial charge is 0.389 e. The lowest BCUT2D eigenvalue weighted by Gasteiger charge is -2.40. The summed E-state index contributed by atoms with van der Waals surface area (Å²) in [5.41, 5.74) is 5.00. The van der Waals surface area contributed by atoms with Crippen LogP contribution < -0.4 is 5.73 Å². The van der Waals surface area contributed by atoms with E-state index in [-0.39, 0.29) is 0 Å². The Morgan fingerprint density at radius 1 is 1.10 bits per heavy atom. The van der Waals surface area contributed by atoms with Gasteiger partial charge in [0.15, 0.2) is 0 Å². The number of nitrogens with zero attached hydrogens (tertiary/aromatic N) is 1. The second-order valence-electron chi connectivity index (χ2n) is 5.23. The molecule has 0 amide bonds. The Bertz CT molecular complexity index is 415. The number of hydrogen-bond donors (Lipinski definition) is 4. The molecule has 1 fully saturated rings. The first kappa shape index (κ1) is 22.0. The molecule has 0 bridgehead atoms. The molecule has 1 aliphatic heterocycles. The van der Waals surface area contributed by atoms with Gasteiger partial charge in [-0.1, -0.05) is 0 Å². The quantitative estimate of drug-likeness (QED) is 0.436. The summed E-state index contributed by atoms with van der Waals surface area (Å²) in [4.78, 5) is 2.16. The topological polar surface area (TPSA) is 158 Å². The Kier molecular flexibility index (Phi) is 9.04. The number of nitrogens with two attached hydrogens (primary N) is 1. The summed E-state index contributed by atoms with van der Waals surface area (Å²) < 4.78 is 51.7. The molecule has 0 aromatic carbocycles. The van der Waals surface area contributed by atoms with Crippen molar-refractivity contribution < 1.29 is 31.0 Å². The fourth-order valence-corrected chi connectivity index (χ4v) is 1.29. The maximum absolute atomic E-state index is 9.36. The van der Waals surface area contributed by atoms with E-state index in [4.69, 9.17) is 14.8 Å². The van der Waals surface area contributed by atoms with Crippen molar-refractivity contribution in [2.24, 2.45) is 5.73 Å². The molecule has 124 valence electrons. The van der Waals surface area contributed by atoms with E-state index in [2.05, 4.69) is 4.90 Å². The molecule has 1 saturated heterocycles. The first-order chi connectivity index (χ1) is 8.47. The minimum Gasteiger partial charge on any atom is -0.389 e. The van der Waals surface area contributed by atoms with E-state index in [1.54, 1.807) is 0 Å². The third-order valence-electron chi connectivity index (χ3n) is 1.60. The number of rotatable bonds is 2. The Morgan fingerprint density at radius 3 is 1.50 bits per heavy atom. The van der Waals surface area contributed by atoms with Gasteiger partial charge in [-0.15, -0.1) is 0 Å². The van der Waals surface area contributed by atoms with Crippen molar-refractivity contribution in [1.82, 2.24) is 4.90 Å². The lowest BCUT2D eigenvalue weighted by molar-refractivity contribution is 0.00863. The molecule has 0 saturated carbocycles. The van der Waals surface area contributed by atoms with Crippen LogP contribution in [-0.2, 0) is 20.2 Å². The number of hydrogen-bond acceptors (Lipinski definition) is 7. The van der Waals surface area contributed by atoms with Crippen molar-refractivity contribution in [1.29, 1.82) is 0 Å². The zero-order chi connectivity index (χ0) is 16.8. The molecule has 0 aliphatic carbocycles. The summed E-state index contributed by atoms with van der Waals surface area (Å²) >= 11 is 0. The highest BCUT2D eigenvalue weighted by atomic mass is 32.2. The molecule has 1 rings (SSSR count). The smallest absolute Gasteiger partial charge is 0.261 e. The predicted octanol–water partition coefficient (Wildman–Crippen LogP) is -1.59. The van der Waals surface area contributed by atoms with Gasteiger partial charge in [-0.3, -0.25) is 14.0 Å². The van der Waals surface area contributed by atoms with Gasteiger partial charge in [0.25, 0.3) is 20.2 Å². The van der Waals surface area contributed by atoms with Gasteiger partial charge in [-0.25, -0.2) is 0 Å². The van der Waals surface area contributed by atoms with Crippen LogP contribution in [-0.4, -0.2) is 79.7 Å². The fraction of sp³-hybridized carbons (Fsp3) is 1.00. The van der Waals surface area contributed by atoms with Gasteiger partial charge in [-0.05, 0) is 13.8 Å². The third-order valence-corrected chi connectivity index (χ3v) is 1.60. The van der Waals surface area contributed by atoms with Crippen LogP contribution in [0.1, 0.15) is 13.8 Å². The Labute approximate surface area is 120 Å². The van der Waals surface area contributed by atoms with Gasteiger partial charge in [0, 0.05) is 25.7 Å². The van der Waals surface area contributed by atoms with Crippen LogP contribution in [0.25, 0.3) is 0 Å². The lowest BCUT2D eigenvalue weighted by Crippen LogP contribution is -2.58. The van der Waals surface area contributed by atoms with Crippen molar-refractivity contribution in [2.75, 3.05) is 32.1 Å². The van der Waals surface area contributed by atoms with E-state index < -0.39 is 25.8 Å². The van der Waals surface area contributed by atoms with Crippen molar-refractivity contribution >= 4 is 20.2 Å². The van der Waals surface area contributed by atoms with Crippen LogP contribution in [0.5, 0.6) is 0 Å². The molecule has 1 aliphatic rings. The highest BCUT2D eigenvalue weighted by Gasteiger charge is 2.27. The van der Waals surface area contributed by atoms with Gasteiger partial charge < -0.3 is 10.8 Å². The molecular weight excluding hydrogens is 312 g/mol. The lowest BCUT2D eigenvalue weighted by atomic mass is 10.0. The molecule has 0 atom stereocenters. The summed E-state index contributed by atoms with van der Waals surface area (Å²) in [6.07, 6.45) is 1.43.